The first-order valence-electron chi connectivity index (χ1n) is 8.12. The van der Waals surface area contributed by atoms with Crippen LogP contribution in [0.5, 0.6) is 0 Å². The second-order valence-corrected chi connectivity index (χ2v) is 5.79. The minimum Gasteiger partial charge on any atom is -0.459 e. The number of aromatic nitrogens is 3. The lowest BCUT2D eigenvalue weighted by Gasteiger charge is -2.12. The highest BCUT2D eigenvalue weighted by atomic mass is 16.3. The zero-order valence-electron chi connectivity index (χ0n) is 14.1. The van der Waals surface area contributed by atoms with Crippen molar-refractivity contribution in [3.63, 3.8) is 0 Å². The van der Waals surface area contributed by atoms with E-state index < -0.39 is 0 Å². The smallest absolute Gasteiger partial charge is 0.291 e. The van der Waals surface area contributed by atoms with E-state index in [1.54, 1.807) is 30.7 Å². The molecule has 1 N–H and O–H groups in total. The van der Waals surface area contributed by atoms with E-state index in [1.165, 1.54) is 6.26 Å². The Kier molecular flexibility index (Phi) is 4.07. The number of pyridine rings is 1. The summed E-state index contributed by atoms with van der Waals surface area (Å²) in [6, 6.07) is 13.0. The number of anilines is 1. The van der Waals surface area contributed by atoms with Gasteiger partial charge in [-0.3, -0.25) is 14.3 Å². The Bertz CT molecular complexity index is 1040. The van der Waals surface area contributed by atoms with E-state index >= 15 is 0 Å². The summed E-state index contributed by atoms with van der Waals surface area (Å²) >= 11 is 0. The first kappa shape index (κ1) is 15.8. The van der Waals surface area contributed by atoms with Gasteiger partial charge in [0.25, 0.3) is 5.91 Å². The highest BCUT2D eigenvalue weighted by molar-refractivity contribution is 6.02. The van der Waals surface area contributed by atoms with Gasteiger partial charge in [0.05, 0.1) is 6.26 Å². The third-order valence-corrected chi connectivity index (χ3v) is 4.04. The molecule has 0 aliphatic rings. The molecule has 26 heavy (non-hydrogen) atoms. The molecule has 0 spiro atoms. The van der Waals surface area contributed by atoms with Gasteiger partial charge in [-0.05, 0) is 55.0 Å². The highest BCUT2D eigenvalue weighted by Gasteiger charge is 2.12. The monoisotopic (exact) mass is 344 g/mol. The van der Waals surface area contributed by atoms with Crippen LogP contribution < -0.4 is 5.32 Å². The number of imidazole rings is 1. The van der Waals surface area contributed by atoms with Crippen LogP contribution in [0.4, 0.5) is 5.69 Å². The first-order chi connectivity index (χ1) is 12.7. The van der Waals surface area contributed by atoms with Gasteiger partial charge in [-0.1, -0.05) is 0 Å². The van der Waals surface area contributed by atoms with Crippen molar-refractivity contribution in [3.8, 4) is 17.1 Å². The number of hydrogen-bond acceptors (Lipinski definition) is 4. The maximum absolute atomic E-state index is 12.2. The molecule has 128 valence electrons. The predicted molar refractivity (Wildman–Crippen MR) is 98.2 cm³/mol. The molecule has 0 aliphatic heterocycles. The summed E-state index contributed by atoms with van der Waals surface area (Å²) in [4.78, 5) is 20.7. The van der Waals surface area contributed by atoms with Crippen molar-refractivity contribution >= 4 is 11.6 Å². The van der Waals surface area contributed by atoms with Crippen LogP contribution in [0.25, 0.3) is 17.1 Å². The molecule has 1 aromatic carbocycles. The van der Waals surface area contributed by atoms with Crippen LogP contribution in [-0.4, -0.2) is 20.4 Å². The van der Waals surface area contributed by atoms with Crippen LogP contribution in [0.1, 0.15) is 16.1 Å². The quantitative estimate of drug-likeness (QED) is 0.605. The minimum absolute atomic E-state index is 0.274. The van der Waals surface area contributed by atoms with Crippen molar-refractivity contribution < 1.29 is 9.21 Å². The molecule has 0 bridgehead atoms. The minimum atomic E-state index is -0.274. The third kappa shape index (κ3) is 3.00. The number of carbonyl (C=O) groups excluding carboxylic acids is 1. The Labute approximate surface area is 150 Å². The fourth-order valence-corrected chi connectivity index (χ4v) is 2.75. The van der Waals surface area contributed by atoms with E-state index in [1.807, 2.05) is 48.0 Å². The summed E-state index contributed by atoms with van der Waals surface area (Å²) in [5, 5.41) is 2.86. The van der Waals surface area contributed by atoms with Crippen molar-refractivity contribution in [2.75, 3.05) is 5.32 Å². The van der Waals surface area contributed by atoms with E-state index in [0.717, 1.165) is 28.3 Å². The topological polar surface area (TPSA) is 73.0 Å². The molecular formula is C20H16N4O2. The van der Waals surface area contributed by atoms with Crippen molar-refractivity contribution in [1.29, 1.82) is 0 Å². The molecule has 3 aromatic heterocycles. The maximum Gasteiger partial charge on any atom is 0.291 e. The fraction of sp³-hybridized carbons (Fsp3) is 0.0500. The van der Waals surface area contributed by atoms with Gasteiger partial charge < -0.3 is 9.73 Å². The van der Waals surface area contributed by atoms with E-state index in [4.69, 9.17) is 4.42 Å². The van der Waals surface area contributed by atoms with Crippen LogP contribution in [0.15, 0.2) is 77.9 Å². The SMILES string of the molecule is Cc1cc(-n2ccnc2-c2cccnc2)ccc1NC(=O)c1ccco1. The summed E-state index contributed by atoms with van der Waals surface area (Å²) < 4.78 is 7.11. The molecule has 0 radical (unpaired) electrons. The summed E-state index contributed by atoms with van der Waals surface area (Å²) in [5.41, 5.74) is 3.56. The van der Waals surface area contributed by atoms with Crippen LogP contribution in [0.3, 0.4) is 0 Å². The van der Waals surface area contributed by atoms with E-state index in [2.05, 4.69) is 15.3 Å². The summed E-state index contributed by atoms with van der Waals surface area (Å²) in [7, 11) is 0. The zero-order chi connectivity index (χ0) is 17.9. The van der Waals surface area contributed by atoms with Gasteiger partial charge in [0.15, 0.2) is 5.76 Å². The number of carbonyl (C=O) groups is 1. The first-order valence-corrected chi connectivity index (χ1v) is 8.12. The van der Waals surface area contributed by atoms with Crippen molar-refractivity contribution in [3.05, 3.63) is 84.8 Å². The number of furan rings is 1. The zero-order valence-corrected chi connectivity index (χ0v) is 14.1. The molecular weight excluding hydrogens is 328 g/mol. The molecule has 4 rings (SSSR count). The van der Waals surface area contributed by atoms with Gasteiger partial charge in [0.2, 0.25) is 0 Å². The van der Waals surface area contributed by atoms with Crippen LogP contribution in [-0.2, 0) is 0 Å². The molecule has 0 aliphatic carbocycles. The molecule has 0 fully saturated rings. The Morgan fingerprint density at radius 1 is 1.15 bits per heavy atom. The maximum atomic E-state index is 12.2. The Balaban J connectivity index is 1.63. The third-order valence-electron chi connectivity index (χ3n) is 4.04. The van der Waals surface area contributed by atoms with E-state index in [-0.39, 0.29) is 11.7 Å². The number of rotatable bonds is 4. The average molecular weight is 344 g/mol. The number of amides is 1. The molecule has 0 saturated heterocycles. The van der Waals surface area contributed by atoms with Gasteiger partial charge >= 0.3 is 0 Å². The second-order valence-electron chi connectivity index (χ2n) is 5.79. The Hall–Kier alpha value is -3.67. The lowest BCUT2D eigenvalue weighted by atomic mass is 10.1. The summed E-state index contributed by atoms with van der Waals surface area (Å²) in [6.45, 7) is 1.95. The Morgan fingerprint density at radius 3 is 2.81 bits per heavy atom. The lowest BCUT2D eigenvalue weighted by Crippen LogP contribution is -2.12. The number of hydrogen-bond donors (Lipinski definition) is 1. The molecule has 1 amide bonds. The molecule has 0 saturated carbocycles. The van der Waals surface area contributed by atoms with Crippen molar-refractivity contribution in [1.82, 2.24) is 14.5 Å². The molecule has 0 unspecified atom stereocenters. The number of nitrogens with one attached hydrogen (secondary N) is 1. The standard InChI is InChI=1S/C20H16N4O2/c1-14-12-16(6-7-17(14)23-20(25)18-5-3-11-26-18)24-10-9-22-19(24)15-4-2-8-21-13-15/h2-13H,1H3,(H,23,25). The largest absolute Gasteiger partial charge is 0.459 e. The number of aryl methyl sites for hydroxylation is 1. The van der Waals surface area contributed by atoms with Gasteiger partial charge in [-0.2, -0.15) is 0 Å². The molecule has 6 nitrogen and oxygen atoms in total. The van der Waals surface area contributed by atoms with Crippen LogP contribution in [0.2, 0.25) is 0 Å². The summed E-state index contributed by atoms with van der Waals surface area (Å²) in [6.07, 6.45) is 8.65. The summed E-state index contributed by atoms with van der Waals surface area (Å²) in [5.74, 6) is 0.816. The molecule has 3 heterocycles. The van der Waals surface area contributed by atoms with E-state index in [0.29, 0.717) is 0 Å². The fourth-order valence-electron chi connectivity index (χ4n) is 2.75. The van der Waals surface area contributed by atoms with Gasteiger partial charge in [0.1, 0.15) is 5.82 Å². The van der Waals surface area contributed by atoms with E-state index in [9.17, 15) is 4.79 Å². The second kappa shape index (κ2) is 6.68. The molecule has 6 heteroatoms. The number of benzene rings is 1. The van der Waals surface area contributed by atoms with Crippen molar-refractivity contribution in [2.24, 2.45) is 0 Å². The predicted octanol–water partition coefficient (Wildman–Crippen LogP) is 4.09. The van der Waals surface area contributed by atoms with Gasteiger partial charge in [-0.15, -0.1) is 0 Å². The number of nitrogens with zero attached hydrogens (tertiary/aromatic N) is 3. The van der Waals surface area contributed by atoms with Crippen molar-refractivity contribution in [2.45, 2.75) is 6.92 Å². The molecule has 0 atom stereocenters. The van der Waals surface area contributed by atoms with Crippen LogP contribution in [0, 0.1) is 6.92 Å². The lowest BCUT2D eigenvalue weighted by molar-refractivity contribution is 0.0996. The normalized spacial score (nSPS) is 10.7. The van der Waals surface area contributed by atoms with Gasteiger partial charge in [0, 0.05) is 41.7 Å². The molecule has 4 aromatic rings. The van der Waals surface area contributed by atoms with Crippen LogP contribution >= 0.6 is 0 Å². The Morgan fingerprint density at radius 2 is 2.08 bits per heavy atom. The average Bonchev–Trinajstić information content (AvgIpc) is 3.36. The highest BCUT2D eigenvalue weighted by Crippen LogP contribution is 2.24. The van der Waals surface area contributed by atoms with Gasteiger partial charge in [-0.25, -0.2) is 4.98 Å².